The molecule has 5 aromatic rings. The number of fused-ring (bicyclic) bond motifs is 1. The zero-order valence-electron chi connectivity index (χ0n) is 19.3. The summed E-state index contributed by atoms with van der Waals surface area (Å²) in [4.78, 5) is 25.0. The highest BCUT2D eigenvalue weighted by atomic mass is 19.4. The van der Waals surface area contributed by atoms with Crippen LogP contribution in [0.5, 0.6) is 0 Å². The van der Waals surface area contributed by atoms with Gasteiger partial charge in [0.05, 0.1) is 11.8 Å². The van der Waals surface area contributed by atoms with Crippen molar-refractivity contribution >= 4 is 17.2 Å². The van der Waals surface area contributed by atoms with Crippen molar-refractivity contribution in [3.63, 3.8) is 0 Å². The number of carbonyl (C=O) groups excluding carboxylic acids is 1. The van der Waals surface area contributed by atoms with Crippen molar-refractivity contribution in [1.29, 1.82) is 0 Å². The molecule has 7 nitrogen and oxygen atoms in total. The number of carbonyl (C=O) groups is 1. The van der Waals surface area contributed by atoms with Crippen LogP contribution in [-0.2, 0) is 6.18 Å². The normalized spacial score (nSPS) is 11.1. The van der Waals surface area contributed by atoms with Crippen LogP contribution in [0.15, 0.2) is 79.6 Å². The maximum atomic E-state index is 13.6. The van der Waals surface area contributed by atoms with Crippen molar-refractivity contribution in [1.82, 2.24) is 24.6 Å². The Kier molecular flexibility index (Phi) is 6.11. The van der Waals surface area contributed by atoms with E-state index in [-0.39, 0.29) is 16.8 Å². The number of halogens is 3. The third kappa shape index (κ3) is 5.16. The molecule has 0 radical (unpaired) electrons. The Morgan fingerprint density at radius 1 is 0.973 bits per heavy atom. The fourth-order valence-electron chi connectivity index (χ4n) is 3.63. The second kappa shape index (κ2) is 9.54. The number of nitrogens with one attached hydrogen (secondary N) is 1. The van der Waals surface area contributed by atoms with Gasteiger partial charge < -0.3 is 5.32 Å². The highest BCUT2D eigenvalue weighted by Crippen LogP contribution is 2.34. The standard InChI is InChI=1S/C27H17F3N6O/c1-17-4-5-19(9-18(17)6-7-24-15-33-25-3-2-8-34-36(24)25)26(37)35-23-11-20(21-13-31-16-32-14-21)10-22(12-23)27(28,29)30/h2-5,8-16H,1H3,(H,35,37). The minimum Gasteiger partial charge on any atom is -0.322 e. The molecule has 0 aliphatic rings. The minimum absolute atomic E-state index is 0.0105. The van der Waals surface area contributed by atoms with Crippen molar-refractivity contribution < 1.29 is 18.0 Å². The van der Waals surface area contributed by atoms with Crippen molar-refractivity contribution in [2.45, 2.75) is 13.1 Å². The number of hydrogen-bond donors (Lipinski definition) is 1. The molecule has 0 aliphatic carbocycles. The SMILES string of the molecule is Cc1ccc(C(=O)Nc2cc(-c3cncnc3)cc(C(F)(F)F)c2)cc1C#Cc1cnc2cccnn12. The molecule has 2 aromatic carbocycles. The van der Waals surface area contributed by atoms with Crippen molar-refractivity contribution in [3.05, 3.63) is 108 Å². The molecule has 37 heavy (non-hydrogen) atoms. The topological polar surface area (TPSA) is 85.1 Å². The first-order valence-electron chi connectivity index (χ1n) is 11.0. The van der Waals surface area contributed by atoms with E-state index >= 15 is 0 Å². The Bertz CT molecular complexity index is 1680. The lowest BCUT2D eigenvalue weighted by molar-refractivity contribution is -0.137. The molecule has 3 heterocycles. The van der Waals surface area contributed by atoms with Crippen LogP contribution >= 0.6 is 0 Å². The van der Waals surface area contributed by atoms with Crippen molar-refractivity contribution in [2.75, 3.05) is 5.32 Å². The summed E-state index contributed by atoms with van der Waals surface area (Å²) < 4.78 is 42.3. The molecule has 0 saturated heterocycles. The lowest BCUT2D eigenvalue weighted by Crippen LogP contribution is -2.14. The molecule has 0 atom stereocenters. The third-order valence-electron chi connectivity index (χ3n) is 5.51. The number of anilines is 1. The molecule has 0 fully saturated rings. The Labute approximate surface area is 209 Å². The maximum Gasteiger partial charge on any atom is 0.416 e. The Morgan fingerprint density at radius 3 is 2.57 bits per heavy atom. The Hall–Kier alpha value is -5.04. The third-order valence-corrected chi connectivity index (χ3v) is 5.51. The van der Waals surface area contributed by atoms with Crippen LogP contribution in [0.2, 0.25) is 0 Å². The molecule has 0 saturated carbocycles. The quantitative estimate of drug-likeness (QED) is 0.347. The van der Waals surface area contributed by atoms with E-state index < -0.39 is 17.6 Å². The fraction of sp³-hybridized carbons (Fsp3) is 0.0741. The van der Waals surface area contributed by atoms with Gasteiger partial charge in [-0.3, -0.25) is 4.79 Å². The molecule has 0 bridgehead atoms. The first kappa shape index (κ1) is 23.7. The van der Waals surface area contributed by atoms with Gasteiger partial charge in [-0.15, -0.1) is 0 Å². The second-order valence-electron chi connectivity index (χ2n) is 8.09. The Balaban J connectivity index is 1.45. The van der Waals surface area contributed by atoms with Gasteiger partial charge in [-0.05, 0) is 66.4 Å². The molecule has 1 N–H and O–H groups in total. The highest BCUT2D eigenvalue weighted by molar-refractivity contribution is 6.05. The van der Waals surface area contributed by atoms with Crippen LogP contribution in [0.4, 0.5) is 18.9 Å². The van der Waals surface area contributed by atoms with Crippen LogP contribution in [0.3, 0.4) is 0 Å². The average Bonchev–Trinajstić information content (AvgIpc) is 3.31. The number of aromatic nitrogens is 5. The summed E-state index contributed by atoms with van der Waals surface area (Å²) in [5.41, 5.74) is 2.59. The summed E-state index contributed by atoms with van der Waals surface area (Å²) >= 11 is 0. The number of rotatable bonds is 3. The van der Waals surface area contributed by atoms with Crippen LogP contribution in [0.25, 0.3) is 16.8 Å². The summed E-state index contributed by atoms with van der Waals surface area (Å²) in [7, 11) is 0. The number of nitrogens with zero attached hydrogens (tertiary/aromatic N) is 5. The zero-order valence-corrected chi connectivity index (χ0v) is 19.3. The van der Waals surface area contributed by atoms with Crippen molar-refractivity contribution in [3.8, 4) is 23.0 Å². The average molecular weight is 498 g/mol. The maximum absolute atomic E-state index is 13.6. The minimum atomic E-state index is -4.61. The van der Waals surface area contributed by atoms with E-state index in [1.54, 1.807) is 47.2 Å². The second-order valence-corrected chi connectivity index (χ2v) is 8.09. The van der Waals surface area contributed by atoms with Gasteiger partial charge in [0.25, 0.3) is 5.91 Å². The van der Waals surface area contributed by atoms with E-state index in [0.717, 1.165) is 17.7 Å². The lowest BCUT2D eigenvalue weighted by Gasteiger charge is -2.13. The number of hydrogen-bond acceptors (Lipinski definition) is 5. The van der Waals surface area contributed by atoms with E-state index in [0.29, 0.717) is 22.5 Å². The molecular formula is C27H17F3N6O. The molecular weight excluding hydrogens is 481 g/mol. The predicted molar refractivity (Wildman–Crippen MR) is 131 cm³/mol. The first-order chi connectivity index (χ1) is 17.8. The molecule has 0 spiro atoms. The Morgan fingerprint density at radius 2 is 1.78 bits per heavy atom. The zero-order chi connectivity index (χ0) is 26.0. The van der Waals surface area contributed by atoms with Crippen LogP contribution < -0.4 is 5.32 Å². The summed E-state index contributed by atoms with van der Waals surface area (Å²) in [5, 5.41) is 6.79. The van der Waals surface area contributed by atoms with Gasteiger partial charge in [-0.1, -0.05) is 12.0 Å². The highest BCUT2D eigenvalue weighted by Gasteiger charge is 2.31. The van der Waals surface area contributed by atoms with Crippen LogP contribution in [0, 0.1) is 18.8 Å². The van der Waals surface area contributed by atoms with E-state index in [4.69, 9.17) is 0 Å². The van der Waals surface area contributed by atoms with E-state index in [1.165, 1.54) is 24.8 Å². The summed E-state index contributed by atoms with van der Waals surface area (Å²) in [6.45, 7) is 1.85. The van der Waals surface area contributed by atoms with Gasteiger partial charge in [0.1, 0.15) is 12.0 Å². The van der Waals surface area contributed by atoms with Gasteiger partial charge in [0.15, 0.2) is 5.65 Å². The molecule has 5 rings (SSSR count). The van der Waals surface area contributed by atoms with Crippen LogP contribution in [-0.4, -0.2) is 30.5 Å². The summed E-state index contributed by atoms with van der Waals surface area (Å²) in [5.74, 6) is 5.47. The molecule has 1 amide bonds. The lowest BCUT2D eigenvalue weighted by atomic mass is 10.0. The van der Waals surface area contributed by atoms with Crippen molar-refractivity contribution in [2.24, 2.45) is 0 Å². The van der Waals surface area contributed by atoms with E-state index in [2.05, 4.69) is 37.2 Å². The van der Waals surface area contributed by atoms with Gasteiger partial charge in [-0.25, -0.2) is 19.5 Å². The van der Waals surface area contributed by atoms with E-state index in [1.807, 2.05) is 6.92 Å². The molecule has 0 unspecified atom stereocenters. The molecule has 182 valence electrons. The van der Waals surface area contributed by atoms with Gasteiger partial charge >= 0.3 is 6.18 Å². The molecule has 10 heteroatoms. The number of benzene rings is 2. The van der Waals surface area contributed by atoms with Gasteiger partial charge in [-0.2, -0.15) is 18.3 Å². The predicted octanol–water partition coefficient (Wildman–Crippen LogP) is 5.17. The van der Waals surface area contributed by atoms with Crippen LogP contribution in [0.1, 0.15) is 32.7 Å². The van der Waals surface area contributed by atoms with E-state index in [9.17, 15) is 18.0 Å². The fourth-order valence-corrected chi connectivity index (χ4v) is 3.63. The number of alkyl halides is 3. The van der Waals surface area contributed by atoms with Gasteiger partial charge in [0, 0.05) is 41.0 Å². The largest absolute Gasteiger partial charge is 0.416 e. The number of aryl methyl sites for hydroxylation is 1. The summed E-state index contributed by atoms with van der Waals surface area (Å²) in [6.07, 6.45) is 2.70. The monoisotopic (exact) mass is 498 g/mol. The number of amides is 1. The molecule has 0 aliphatic heterocycles. The number of imidazole rings is 1. The van der Waals surface area contributed by atoms with Gasteiger partial charge in [0.2, 0.25) is 0 Å². The smallest absolute Gasteiger partial charge is 0.322 e. The molecule has 3 aromatic heterocycles. The first-order valence-corrected chi connectivity index (χ1v) is 11.0. The summed E-state index contributed by atoms with van der Waals surface area (Å²) in [6, 6.07) is 11.8.